The predicted molar refractivity (Wildman–Crippen MR) is 90.8 cm³/mol. The average Bonchev–Trinajstić information content (AvgIpc) is 3.48. The molecule has 0 bridgehead atoms. The first-order valence-electron chi connectivity index (χ1n) is 8.93. The minimum Gasteiger partial charge on any atom is -0.394 e. The van der Waals surface area contributed by atoms with E-state index in [1.54, 1.807) is 24.4 Å². The first-order valence-corrected chi connectivity index (χ1v) is 8.93. The molecule has 3 N–H and O–H groups in total. The monoisotopic (exact) mass is 347 g/mol. The molecule has 0 spiro atoms. The Kier molecular flexibility index (Phi) is 5.99. The largest absolute Gasteiger partial charge is 0.394 e. The van der Waals surface area contributed by atoms with Crippen molar-refractivity contribution in [3.63, 3.8) is 0 Å². The molecule has 3 atom stereocenters. The summed E-state index contributed by atoms with van der Waals surface area (Å²) in [6.45, 7) is 0.432. The summed E-state index contributed by atoms with van der Waals surface area (Å²) >= 11 is 0. The molecule has 2 aliphatic rings. The number of aromatic nitrogens is 1. The molecule has 1 saturated carbocycles. The molecule has 1 saturated heterocycles. The lowest BCUT2D eigenvalue weighted by atomic mass is 9.97. The van der Waals surface area contributed by atoms with Gasteiger partial charge in [-0.25, -0.2) is 0 Å². The van der Waals surface area contributed by atoms with E-state index in [1.807, 2.05) is 0 Å². The van der Waals surface area contributed by atoms with E-state index in [1.165, 1.54) is 0 Å². The van der Waals surface area contributed by atoms with Crippen molar-refractivity contribution in [3.8, 4) is 0 Å². The van der Waals surface area contributed by atoms with Crippen LogP contribution in [0.1, 0.15) is 42.6 Å². The zero-order chi connectivity index (χ0) is 17.6. The Morgan fingerprint density at radius 3 is 2.76 bits per heavy atom. The summed E-state index contributed by atoms with van der Waals surface area (Å²) in [4.78, 5) is 27.9. The van der Waals surface area contributed by atoms with Crippen LogP contribution in [-0.4, -0.2) is 53.3 Å². The van der Waals surface area contributed by atoms with E-state index < -0.39 is 6.10 Å². The topological polar surface area (TPSA) is 101 Å². The molecule has 0 unspecified atom stereocenters. The molecule has 1 aromatic rings. The molecular formula is C18H25N3O4. The number of pyridine rings is 1. The quantitative estimate of drug-likeness (QED) is 0.672. The maximum atomic E-state index is 12.2. The standard InChI is InChI=1S/C18H25N3O4/c22-11-16-14(21-18(24)15-3-1-2-9-19-15)7-6-13(25-16)8-10-20-17(23)12-4-5-12/h1-3,9,12-14,16,22H,4-8,10-11H2,(H,20,23)(H,21,24)/t13-,14+,16+/m1/s1. The van der Waals surface area contributed by atoms with Gasteiger partial charge < -0.3 is 20.5 Å². The molecular weight excluding hydrogens is 322 g/mol. The first kappa shape index (κ1) is 17.8. The number of nitrogens with zero attached hydrogens (tertiary/aromatic N) is 1. The number of rotatable bonds is 7. The van der Waals surface area contributed by atoms with Gasteiger partial charge in [-0.2, -0.15) is 0 Å². The number of ether oxygens (including phenoxy) is 1. The summed E-state index contributed by atoms with van der Waals surface area (Å²) in [5.41, 5.74) is 0.351. The maximum Gasteiger partial charge on any atom is 0.270 e. The van der Waals surface area contributed by atoms with Gasteiger partial charge in [-0.3, -0.25) is 14.6 Å². The van der Waals surface area contributed by atoms with Crippen LogP contribution in [0.25, 0.3) is 0 Å². The minimum absolute atomic E-state index is 0.0142. The Morgan fingerprint density at radius 2 is 2.08 bits per heavy atom. The SMILES string of the molecule is O=C(N[C@H]1CC[C@H](CCNC(=O)C2CC2)O[C@H]1CO)c1ccccn1. The third-order valence-corrected chi connectivity index (χ3v) is 4.72. The average molecular weight is 347 g/mol. The molecule has 1 aliphatic heterocycles. The molecule has 2 amide bonds. The second-order valence-electron chi connectivity index (χ2n) is 6.71. The second kappa shape index (κ2) is 8.40. The van der Waals surface area contributed by atoms with E-state index in [0.717, 1.165) is 32.1 Å². The highest BCUT2D eigenvalue weighted by Crippen LogP contribution is 2.28. The van der Waals surface area contributed by atoms with Gasteiger partial charge in [-0.15, -0.1) is 0 Å². The van der Waals surface area contributed by atoms with Crippen molar-refractivity contribution in [2.45, 2.75) is 50.4 Å². The lowest BCUT2D eigenvalue weighted by molar-refractivity contribution is -0.122. The second-order valence-corrected chi connectivity index (χ2v) is 6.71. The first-order chi connectivity index (χ1) is 12.2. The number of carbonyl (C=O) groups excluding carboxylic acids is 2. The molecule has 25 heavy (non-hydrogen) atoms. The molecule has 7 nitrogen and oxygen atoms in total. The number of amides is 2. The van der Waals surface area contributed by atoms with Gasteiger partial charge in [0.05, 0.1) is 18.8 Å². The molecule has 2 fully saturated rings. The number of aliphatic hydroxyl groups is 1. The van der Waals surface area contributed by atoms with E-state index in [4.69, 9.17) is 4.74 Å². The summed E-state index contributed by atoms with van der Waals surface area (Å²) in [5, 5.41) is 15.4. The third-order valence-electron chi connectivity index (χ3n) is 4.72. The van der Waals surface area contributed by atoms with E-state index in [0.29, 0.717) is 12.2 Å². The van der Waals surface area contributed by atoms with Crippen molar-refractivity contribution in [1.82, 2.24) is 15.6 Å². The Labute approximate surface area is 147 Å². The van der Waals surface area contributed by atoms with Crippen molar-refractivity contribution >= 4 is 11.8 Å². The molecule has 136 valence electrons. The van der Waals surface area contributed by atoms with E-state index in [-0.39, 0.29) is 36.5 Å². The summed E-state index contributed by atoms with van der Waals surface area (Å²) < 4.78 is 5.91. The summed E-state index contributed by atoms with van der Waals surface area (Å²) in [7, 11) is 0. The molecule has 0 aromatic carbocycles. The van der Waals surface area contributed by atoms with Crippen molar-refractivity contribution in [2.75, 3.05) is 13.2 Å². The summed E-state index contributed by atoms with van der Waals surface area (Å²) in [6.07, 6.45) is 5.34. The van der Waals surface area contributed by atoms with Gasteiger partial charge in [0.15, 0.2) is 0 Å². The maximum absolute atomic E-state index is 12.2. The summed E-state index contributed by atoms with van der Waals surface area (Å²) in [5.74, 6) is 0.0847. The number of hydrogen-bond acceptors (Lipinski definition) is 5. The van der Waals surface area contributed by atoms with Gasteiger partial charge in [0.1, 0.15) is 11.8 Å². The number of aliphatic hydroxyl groups excluding tert-OH is 1. The molecule has 0 radical (unpaired) electrons. The Hall–Kier alpha value is -1.99. The van der Waals surface area contributed by atoms with Gasteiger partial charge in [0, 0.05) is 18.7 Å². The molecule has 1 aliphatic carbocycles. The van der Waals surface area contributed by atoms with Crippen LogP contribution in [0.5, 0.6) is 0 Å². The smallest absolute Gasteiger partial charge is 0.270 e. The van der Waals surface area contributed by atoms with E-state index in [2.05, 4.69) is 15.6 Å². The highest BCUT2D eigenvalue weighted by atomic mass is 16.5. The molecule has 3 rings (SSSR count). The van der Waals surface area contributed by atoms with E-state index >= 15 is 0 Å². The van der Waals surface area contributed by atoms with Gasteiger partial charge in [0.2, 0.25) is 5.91 Å². The van der Waals surface area contributed by atoms with Gasteiger partial charge >= 0.3 is 0 Å². The number of nitrogens with one attached hydrogen (secondary N) is 2. The van der Waals surface area contributed by atoms with Crippen LogP contribution >= 0.6 is 0 Å². The molecule has 2 heterocycles. The predicted octanol–water partition coefficient (Wildman–Crippen LogP) is 0.636. The van der Waals surface area contributed by atoms with Crippen LogP contribution in [0.3, 0.4) is 0 Å². The van der Waals surface area contributed by atoms with Crippen LogP contribution in [0.2, 0.25) is 0 Å². The highest BCUT2D eigenvalue weighted by Gasteiger charge is 2.33. The number of hydrogen-bond donors (Lipinski definition) is 3. The van der Waals surface area contributed by atoms with Crippen LogP contribution < -0.4 is 10.6 Å². The zero-order valence-electron chi connectivity index (χ0n) is 14.2. The van der Waals surface area contributed by atoms with Crippen LogP contribution in [0.4, 0.5) is 0 Å². The molecule has 7 heteroatoms. The normalized spacial score (nSPS) is 26.0. The lowest BCUT2D eigenvalue weighted by Gasteiger charge is -2.36. The van der Waals surface area contributed by atoms with Crippen LogP contribution in [-0.2, 0) is 9.53 Å². The van der Waals surface area contributed by atoms with Crippen LogP contribution in [0.15, 0.2) is 24.4 Å². The van der Waals surface area contributed by atoms with Crippen molar-refractivity contribution < 1.29 is 19.4 Å². The van der Waals surface area contributed by atoms with Crippen LogP contribution in [0, 0.1) is 5.92 Å². The molecule has 1 aromatic heterocycles. The Morgan fingerprint density at radius 1 is 1.24 bits per heavy atom. The lowest BCUT2D eigenvalue weighted by Crippen LogP contribution is -2.51. The zero-order valence-corrected chi connectivity index (χ0v) is 14.2. The minimum atomic E-state index is -0.439. The van der Waals surface area contributed by atoms with Gasteiger partial charge in [-0.05, 0) is 44.2 Å². The Balaban J connectivity index is 1.44. The van der Waals surface area contributed by atoms with Gasteiger partial charge in [0.25, 0.3) is 5.91 Å². The Bertz CT molecular complexity index is 591. The fraction of sp³-hybridized carbons (Fsp3) is 0.611. The van der Waals surface area contributed by atoms with Crippen molar-refractivity contribution in [2.24, 2.45) is 5.92 Å². The van der Waals surface area contributed by atoms with E-state index in [9.17, 15) is 14.7 Å². The van der Waals surface area contributed by atoms with Crippen molar-refractivity contribution in [1.29, 1.82) is 0 Å². The fourth-order valence-corrected chi connectivity index (χ4v) is 3.09. The van der Waals surface area contributed by atoms with Crippen molar-refractivity contribution in [3.05, 3.63) is 30.1 Å². The highest BCUT2D eigenvalue weighted by molar-refractivity contribution is 5.92. The third kappa shape index (κ3) is 4.99. The number of carbonyl (C=O) groups is 2. The summed E-state index contributed by atoms with van der Waals surface area (Å²) in [6, 6.07) is 4.92. The van der Waals surface area contributed by atoms with Gasteiger partial charge in [-0.1, -0.05) is 6.07 Å². The fourth-order valence-electron chi connectivity index (χ4n) is 3.09.